The number of hydrogen-bond donors (Lipinski definition) is 1. The van der Waals surface area contributed by atoms with Crippen LogP contribution in [0.3, 0.4) is 0 Å². The Morgan fingerprint density at radius 3 is 2.34 bits per heavy atom. The molecule has 2 aliphatic rings. The Morgan fingerprint density at radius 1 is 1.14 bits per heavy atom. The van der Waals surface area contributed by atoms with E-state index in [0.717, 1.165) is 19.6 Å². The van der Waals surface area contributed by atoms with E-state index >= 15 is 0 Å². The average molecular weight is 465 g/mol. The molecule has 3 heterocycles. The molecule has 0 bridgehead atoms. The number of piperidine rings is 1. The molecular weight excluding hydrogens is 436 g/mol. The van der Waals surface area contributed by atoms with Gasteiger partial charge in [-0.3, -0.25) is 14.5 Å². The maximum Gasteiger partial charge on any atom is 0.252 e. The minimum atomic E-state index is -3.16. The summed E-state index contributed by atoms with van der Waals surface area (Å²) in [5, 5.41) is 6.64. The largest absolute Gasteiger partial charge is 0.351 e. The highest BCUT2D eigenvalue weighted by molar-refractivity contribution is 7.88. The van der Waals surface area contributed by atoms with Crippen molar-refractivity contribution in [1.29, 1.82) is 0 Å². The SMILES string of the molecule is CS(=O)(=O)N1CCC(C(=O)N2CCN(CCNC(=O)c3ccsc3)CC2)CC1.Cl. The summed E-state index contributed by atoms with van der Waals surface area (Å²) in [5.41, 5.74) is 0.697. The number of carbonyl (C=O) groups is 2. The summed E-state index contributed by atoms with van der Waals surface area (Å²) in [6.07, 6.45) is 2.42. The third-order valence-corrected chi connectivity index (χ3v) is 7.44. The highest BCUT2D eigenvalue weighted by atomic mass is 35.5. The van der Waals surface area contributed by atoms with Gasteiger partial charge in [-0.25, -0.2) is 12.7 Å². The Hall–Kier alpha value is -1.20. The molecular formula is C18H29ClN4O4S2. The van der Waals surface area contributed by atoms with Crippen molar-refractivity contribution < 1.29 is 18.0 Å². The molecule has 3 rings (SSSR count). The van der Waals surface area contributed by atoms with Crippen LogP contribution in [0.25, 0.3) is 0 Å². The first kappa shape index (κ1) is 24.1. The number of nitrogens with one attached hydrogen (secondary N) is 1. The summed E-state index contributed by atoms with van der Waals surface area (Å²) in [7, 11) is -3.16. The lowest BCUT2D eigenvalue weighted by Gasteiger charge is -2.38. The normalized spacial score (nSPS) is 19.6. The van der Waals surface area contributed by atoms with Gasteiger partial charge in [-0.15, -0.1) is 12.4 Å². The van der Waals surface area contributed by atoms with Crippen LogP contribution in [-0.2, 0) is 14.8 Å². The number of carbonyl (C=O) groups excluding carboxylic acids is 2. The van der Waals surface area contributed by atoms with Crippen LogP contribution in [0, 0.1) is 5.92 Å². The molecule has 2 aliphatic heterocycles. The van der Waals surface area contributed by atoms with E-state index in [2.05, 4.69) is 10.2 Å². The fraction of sp³-hybridized carbons (Fsp3) is 0.667. The Bertz CT molecular complexity index is 772. The van der Waals surface area contributed by atoms with Crippen LogP contribution >= 0.6 is 23.7 Å². The molecule has 8 nitrogen and oxygen atoms in total. The zero-order valence-electron chi connectivity index (χ0n) is 16.6. The monoisotopic (exact) mass is 464 g/mol. The molecule has 0 saturated carbocycles. The van der Waals surface area contributed by atoms with Crippen molar-refractivity contribution in [3.63, 3.8) is 0 Å². The fourth-order valence-electron chi connectivity index (χ4n) is 3.71. The van der Waals surface area contributed by atoms with Gasteiger partial charge < -0.3 is 10.2 Å². The van der Waals surface area contributed by atoms with E-state index < -0.39 is 10.0 Å². The first-order valence-electron chi connectivity index (χ1n) is 9.61. The van der Waals surface area contributed by atoms with Crippen LogP contribution in [0.15, 0.2) is 16.8 Å². The van der Waals surface area contributed by atoms with Gasteiger partial charge in [0.1, 0.15) is 0 Å². The van der Waals surface area contributed by atoms with E-state index in [1.54, 1.807) is 0 Å². The summed E-state index contributed by atoms with van der Waals surface area (Å²) >= 11 is 1.50. The predicted molar refractivity (Wildman–Crippen MR) is 116 cm³/mol. The van der Waals surface area contributed by atoms with Crippen molar-refractivity contribution in [3.05, 3.63) is 22.4 Å². The molecule has 29 heavy (non-hydrogen) atoms. The van der Waals surface area contributed by atoms with Gasteiger partial charge in [-0.2, -0.15) is 11.3 Å². The zero-order valence-corrected chi connectivity index (χ0v) is 19.0. The fourth-order valence-corrected chi connectivity index (χ4v) is 5.22. The van der Waals surface area contributed by atoms with Crippen molar-refractivity contribution in [3.8, 4) is 0 Å². The smallest absolute Gasteiger partial charge is 0.252 e. The first-order valence-corrected chi connectivity index (χ1v) is 12.4. The molecule has 2 amide bonds. The quantitative estimate of drug-likeness (QED) is 0.669. The summed E-state index contributed by atoms with van der Waals surface area (Å²) in [5.74, 6) is 0.0310. The number of amides is 2. The Morgan fingerprint density at radius 2 is 1.79 bits per heavy atom. The summed E-state index contributed by atoms with van der Waals surface area (Å²) in [6.45, 7) is 5.17. The van der Waals surface area contributed by atoms with Crippen LogP contribution in [0.4, 0.5) is 0 Å². The molecule has 0 unspecified atom stereocenters. The Balaban J connectivity index is 0.00000300. The number of rotatable bonds is 6. The number of sulfonamides is 1. The maximum absolute atomic E-state index is 12.7. The molecule has 0 atom stereocenters. The summed E-state index contributed by atoms with van der Waals surface area (Å²) in [6, 6.07) is 1.81. The van der Waals surface area contributed by atoms with E-state index in [1.807, 2.05) is 21.7 Å². The molecule has 2 fully saturated rings. The lowest BCUT2D eigenvalue weighted by molar-refractivity contribution is -0.138. The van der Waals surface area contributed by atoms with E-state index in [0.29, 0.717) is 51.1 Å². The second-order valence-corrected chi connectivity index (χ2v) is 10.1. The molecule has 2 saturated heterocycles. The molecule has 164 valence electrons. The number of halogens is 1. The van der Waals surface area contributed by atoms with Crippen LogP contribution in [0.1, 0.15) is 23.2 Å². The van der Waals surface area contributed by atoms with Gasteiger partial charge >= 0.3 is 0 Å². The lowest BCUT2D eigenvalue weighted by Crippen LogP contribution is -2.52. The van der Waals surface area contributed by atoms with E-state index in [4.69, 9.17) is 0 Å². The molecule has 0 radical (unpaired) electrons. The summed E-state index contributed by atoms with van der Waals surface area (Å²) in [4.78, 5) is 28.8. The van der Waals surface area contributed by atoms with Crippen LogP contribution in [0.2, 0.25) is 0 Å². The second-order valence-electron chi connectivity index (χ2n) is 7.37. The van der Waals surface area contributed by atoms with Crippen LogP contribution < -0.4 is 5.32 Å². The average Bonchev–Trinajstić information content (AvgIpc) is 3.22. The molecule has 1 aromatic rings. The van der Waals surface area contributed by atoms with Gasteiger partial charge in [-0.1, -0.05) is 0 Å². The number of thiophene rings is 1. The third-order valence-electron chi connectivity index (χ3n) is 5.45. The molecule has 0 aromatic carbocycles. The van der Waals surface area contributed by atoms with Crippen LogP contribution in [0.5, 0.6) is 0 Å². The minimum Gasteiger partial charge on any atom is -0.351 e. The highest BCUT2D eigenvalue weighted by Gasteiger charge is 2.32. The molecule has 11 heteroatoms. The van der Waals surface area contributed by atoms with Crippen molar-refractivity contribution in [2.75, 3.05) is 58.6 Å². The third kappa shape index (κ3) is 6.65. The van der Waals surface area contributed by atoms with Gasteiger partial charge in [-0.05, 0) is 24.3 Å². The van der Waals surface area contributed by atoms with Crippen molar-refractivity contribution >= 4 is 45.6 Å². The van der Waals surface area contributed by atoms with Crippen LogP contribution in [-0.4, -0.2) is 93.0 Å². The van der Waals surface area contributed by atoms with E-state index in [-0.39, 0.29) is 30.1 Å². The van der Waals surface area contributed by atoms with Gasteiger partial charge in [0.15, 0.2) is 0 Å². The molecule has 1 N–H and O–H groups in total. The summed E-state index contributed by atoms with van der Waals surface area (Å²) < 4.78 is 24.6. The van der Waals surface area contributed by atoms with Gasteiger partial charge in [0.2, 0.25) is 15.9 Å². The van der Waals surface area contributed by atoms with E-state index in [9.17, 15) is 18.0 Å². The zero-order chi connectivity index (χ0) is 20.1. The first-order chi connectivity index (χ1) is 13.3. The Labute approximate surface area is 182 Å². The maximum atomic E-state index is 12.7. The number of nitrogens with zero attached hydrogens (tertiary/aromatic N) is 3. The molecule has 0 aliphatic carbocycles. The van der Waals surface area contributed by atoms with Gasteiger partial charge in [0.05, 0.1) is 6.26 Å². The lowest BCUT2D eigenvalue weighted by atomic mass is 9.96. The molecule has 0 spiro atoms. The second kappa shape index (κ2) is 10.7. The standard InChI is InChI=1S/C18H28N4O4S2.ClH/c1-28(25,26)22-6-2-15(3-7-22)18(24)21-11-9-20(10-12-21)8-5-19-17(23)16-4-13-27-14-16;/h4,13-15H,2-3,5-12H2,1H3,(H,19,23);1H. The van der Waals surface area contributed by atoms with Crippen molar-refractivity contribution in [2.45, 2.75) is 12.8 Å². The minimum absolute atomic E-state index is 0. The number of piperazine rings is 1. The number of hydrogen-bond acceptors (Lipinski definition) is 6. The predicted octanol–water partition coefficient (Wildman–Crippen LogP) is 0.716. The van der Waals surface area contributed by atoms with Crippen molar-refractivity contribution in [2.24, 2.45) is 5.92 Å². The van der Waals surface area contributed by atoms with Gasteiger partial charge in [0, 0.05) is 69.2 Å². The molecule has 1 aromatic heterocycles. The topological polar surface area (TPSA) is 90.0 Å². The highest BCUT2D eigenvalue weighted by Crippen LogP contribution is 2.22. The Kier molecular flexibility index (Phi) is 8.90. The van der Waals surface area contributed by atoms with E-state index in [1.165, 1.54) is 21.9 Å². The van der Waals surface area contributed by atoms with Gasteiger partial charge in [0.25, 0.3) is 5.91 Å². The van der Waals surface area contributed by atoms with Crippen molar-refractivity contribution in [1.82, 2.24) is 19.4 Å².